The first-order valence-corrected chi connectivity index (χ1v) is 8.01. The standard InChI is InChI=1S/C18H31NO2/c1-7-18(8-2,21-9-3)17(19-5)13-15-12-14(4)10-11-16(15)20-6/h10-12,17,19H,7-9,13H2,1-6H3. The molecule has 0 aromatic heterocycles. The Kier molecular flexibility index (Phi) is 7.20. The summed E-state index contributed by atoms with van der Waals surface area (Å²) in [4.78, 5) is 0. The van der Waals surface area contributed by atoms with Gasteiger partial charge in [-0.2, -0.15) is 0 Å². The van der Waals surface area contributed by atoms with Crippen LogP contribution in [0.2, 0.25) is 0 Å². The molecule has 0 aliphatic heterocycles. The Morgan fingerprint density at radius 2 is 1.86 bits per heavy atom. The number of rotatable bonds is 9. The molecule has 3 heteroatoms. The molecular formula is C18H31NO2. The van der Waals surface area contributed by atoms with E-state index < -0.39 is 0 Å². The lowest BCUT2D eigenvalue weighted by Gasteiger charge is -2.39. The fourth-order valence-electron chi connectivity index (χ4n) is 3.17. The molecule has 1 unspecified atom stereocenters. The molecule has 0 aliphatic rings. The van der Waals surface area contributed by atoms with Crippen LogP contribution in [0.5, 0.6) is 5.75 Å². The smallest absolute Gasteiger partial charge is 0.122 e. The zero-order valence-corrected chi connectivity index (χ0v) is 14.5. The molecule has 21 heavy (non-hydrogen) atoms. The average molecular weight is 293 g/mol. The zero-order chi connectivity index (χ0) is 15.9. The minimum atomic E-state index is -0.127. The average Bonchev–Trinajstić information content (AvgIpc) is 2.51. The Morgan fingerprint density at radius 1 is 1.19 bits per heavy atom. The van der Waals surface area contributed by atoms with Gasteiger partial charge in [-0.15, -0.1) is 0 Å². The topological polar surface area (TPSA) is 30.5 Å². The third-order valence-electron chi connectivity index (χ3n) is 4.47. The summed E-state index contributed by atoms with van der Waals surface area (Å²) in [6, 6.07) is 6.62. The molecule has 0 bridgehead atoms. The minimum absolute atomic E-state index is 0.127. The highest BCUT2D eigenvalue weighted by molar-refractivity contribution is 5.37. The van der Waals surface area contributed by atoms with Crippen molar-refractivity contribution >= 4 is 0 Å². The fourth-order valence-corrected chi connectivity index (χ4v) is 3.17. The molecule has 0 fully saturated rings. The fraction of sp³-hybridized carbons (Fsp3) is 0.667. The highest BCUT2D eigenvalue weighted by atomic mass is 16.5. The molecule has 1 rings (SSSR count). The van der Waals surface area contributed by atoms with Gasteiger partial charge >= 0.3 is 0 Å². The molecule has 1 atom stereocenters. The molecule has 0 saturated carbocycles. The van der Waals surface area contributed by atoms with Gasteiger partial charge in [0.2, 0.25) is 0 Å². The summed E-state index contributed by atoms with van der Waals surface area (Å²) >= 11 is 0. The van der Waals surface area contributed by atoms with Crippen LogP contribution in [0.4, 0.5) is 0 Å². The third-order valence-corrected chi connectivity index (χ3v) is 4.47. The van der Waals surface area contributed by atoms with Crippen LogP contribution in [0.1, 0.15) is 44.7 Å². The number of nitrogens with one attached hydrogen (secondary N) is 1. The number of ether oxygens (including phenoxy) is 2. The Hall–Kier alpha value is -1.06. The van der Waals surface area contributed by atoms with Crippen LogP contribution >= 0.6 is 0 Å². The van der Waals surface area contributed by atoms with Crippen molar-refractivity contribution < 1.29 is 9.47 Å². The van der Waals surface area contributed by atoms with Gasteiger partial charge in [0, 0.05) is 12.6 Å². The highest BCUT2D eigenvalue weighted by Crippen LogP contribution is 2.30. The van der Waals surface area contributed by atoms with Crippen LogP contribution in [0, 0.1) is 6.92 Å². The monoisotopic (exact) mass is 293 g/mol. The van der Waals surface area contributed by atoms with E-state index in [1.807, 2.05) is 7.05 Å². The molecular weight excluding hydrogens is 262 g/mol. The maximum Gasteiger partial charge on any atom is 0.122 e. The van der Waals surface area contributed by atoms with E-state index in [-0.39, 0.29) is 11.6 Å². The molecule has 0 saturated heterocycles. The number of likely N-dealkylation sites (N-methyl/N-ethyl adjacent to an activating group) is 1. The normalized spacial score (nSPS) is 13.2. The first-order valence-electron chi connectivity index (χ1n) is 8.01. The first-order chi connectivity index (χ1) is 10.1. The number of hydrogen-bond donors (Lipinski definition) is 1. The number of hydrogen-bond acceptors (Lipinski definition) is 3. The van der Waals surface area contributed by atoms with Gasteiger partial charge in [0.05, 0.1) is 12.7 Å². The summed E-state index contributed by atoms with van der Waals surface area (Å²) in [5, 5.41) is 3.47. The lowest BCUT2D eigenvalue weighted by atomic mass is 9.84. The van der Waals surface area contributed by atoms with Gasteiger partial charge in [-0.05, 0) is 51.8 Å². The summed E-state index contributed by atoms with van der Waals surface area (Å²) in [6.45, 7) is 9.34. The van der Waals surface area contributed by atoms with Crippen LogP contribution in [-0.4, -0.2) is 32.4 Å². The highest BCUT2D eigenvalue weighted by Gasteiger charge is 2.36. The summed E-state index contributed by atoms with van der Waals surface area (Å²) in [5.74, 6) is 0.957. The lowest BCUT2D eigenvalue weighted by Crippen LogP contribution is -2.52. The third kappa shape index (κ3) is 4.21. The maximum atomic E-state index is 6.15. The molecule has 0 amide bonds. The van der Waals surface area contributed by atoms with Gasteiger partial charge in [-0.25, -0.2) is 0 Å². The summed E-state index contributed by atoms with van der Waals surface area (Å²) < 4.78 is 11.7. The van der Waals surface area contributed by atoms with E-state index in [9.17, 15) is 0 Å². The van der Waals surface area contributed by atoms with Crippen molar-refractivity contribution in [1.82, 2.24) is 5.32 Å². The van der Waals surface area contributed by atoms with Crippen molar-refractivity contribution in [1.29, 1.82) is 0 Å². The summed E-state index contributed by atoms with van der Waals surface area (Å²) in [5.41, 5.74) is 2.37. The minimum Gasteiger partial charge on any atom is -0.496 e. The largest absolute Gasteiger partial charge is 0.496 e. The van der Waals surface area contributed by atoms with Gasteiger partial charge in [0.15, 0.2) is 0 Å². The van der Waals surface area contributed by atoms with Crippen LogP contribution in [0.15, 0.2) is 18.2 Å². The van der Waals surface area contributed by atoms with E-state index in [1.165, 1.54) is 11.1 Å². The second kappa shape index (κ2) is 8.40. The second-order valence-corrected chi connectivity index (χ2v) is 5.57. The zero-order valence-electron chi connectivity index (χ0n) is 14.5. The molecule has 1 aromatic rings. The van der Waals surface area contributed by atoms with E-state index in [2.05, 4.69) is 51.2 Å². The molecule has 0 radical (unpaired) electrons. The van der Waals surface area contributed by atoms with E-state index in [4.69, 9.17) is 9.47 Å². The number of benzene rings is 1. The summed E-state index contributed by atoms with van der Waals surface area (Å²) in [6.07, 6.45) is 2.90. The predicted molar refractivity (Wildman–Crippen MR) is 89.2 cm³/mol. The van der Waals surface area contributed by atoms with Gasteiger partial charge in [0.25, 0.3) is 0 Å². The summed E-state index contributed by atoms with van der Waals surface area (Å²) in [7, 11) is 3.75. The van der Waals surface area contributed by atoms with Gasteiger partial charge in [-0.3, -0.25) is 0 Å². The molecule has 0 aliphatic carbocycles. The lowest BCUT2D eigenvalue weighted by molar-refractivity contribution is -0.0704. The Labute approximate surface area is 130 Å². The molecule has 1 N–H and O–H groups in total. The molecule has 1 aromatic carbocycles. The van der Waals surface area contributed by atoms with Crippen LogP contribution in [0.25, 0.3) is 0 Å². The Balaban J connectivity index is 3.08. The molecule has 0 spiro atoms. The van der Waals surface area contributed by atoms with Gasteiger partial charge in [-0.1, -0.05) is 31.5 Å². The maximum absolute atomic E-state index is 6.15. The van der Waals surface area contributed by atoms with Crippen LogP contribution in [0.3, 0.4) is 0 Å². The molecule has 0 heterocycles. The van der Waals surface area contributed by atoms with Crippen molar-refractivity contribution in [2.24, 2.45) is 0 Å². The first kappa shape index (κ1) is 18.0. The Bertz CT molecular complexity index is 427. The SMILES string of the molecule is CCOC(CC)(CC)C(Cc1cc(C)ccc1OC)NC. The van der Waals surface area contributed by atoms with Crippen LogP contribution in [-0.2, 0) is 11.2 Å². The number of aryl methyl sites for hydroxylation is 1. The van der Waals surface area contributed by atoms with Crippen molar-refractivity contribution in [3.05, 3.63) is 29.3 Å². The van der Waals surface area contributed by atoms with E-state index in [0.717, 1.165) is 31.6 Å². The van der Waals surface area contributed by atoms with Crippen molar-refractivity contribution in [3.8, 4) is 5.75 Å². The second-order valence-electron chi connectivity index (χ2n) is 5.57. The molecule has 120 valence electrons. The van der Waals surface area contributed by atoms with Crippen molar-refractivity contribution in [3.63, 3.8) is 0 Å². The van der Waals surface area contributed by atoms with Gasteiger partial charge < -0.3 is 14.8 Å². The van der Waals surface area contributed by atoms with Gasteiger partial charge in [0.1, 0.15) is 5.75 Å². The van der Waals surface area contributed by atoms with E-state index >= 15 is 0 Å². The van der Waals surface area contributed by atoms with E-state index in [1.54, 1.807) is 7.11 Å². The van der Waals surface area contributed by atoms with E-state index in [0.29, 0.717) is 0 Å². The van der Waals surface area contributed by atoms with Crippen molar-refractivity contribution in [2.75, 3.05) is 20.8 Å². The molecule has 3 nitrogen and oxygen atoms in total. The quantitative estimate of drug-likeness (QED) is 0.752. The Morgan fingerprint density at radius 3 is 2.33 bits per heavy atom. The number of methoxy groups -OCH3 is 1. The van der Waals surface area contributed by atoms with Crippen molar-refractivity contribution in [2.45, 2.75) is 58.6 Å². The van der Waals surface area contributed by atoms with Crippen LogP contribution < -0.4 is 10.1 Å². The predicted octanol–water partition coefficient (Wildman–Crippen LogP) is 3.73.